The number of hydrogen-bond acceptors (Lipinski definition) is 3. The van der Waals surface area contributed by atoms with Gasteiger partial charge < -0.3 is 10.1 Å². The number of H-pyrrole nitrogens is 1. The molecule has 0 atom stereocenters. The molecule has 0 amide bonds. The third-order valence-electron chi connectivity index (χ3n) is 3.44. The highest BCUT2D eigenvalue weighted by Gasteiger charge is 2.12. The monoisotopic (exact) mass is 275 g/mol. The summed E-state index contributed by atoms with van der Waals surface area (Å²) in [7, 11) is 0. The molecule has 2 rings (SSSR count). The number of carboxylic acid groups (broad SMARTS) is 1. The van der Waals surface area contributed by atoms with Gasteiger partial charge in [0.25, 0.3) is 0 Å². The van der Waals surface area contributed by atoms with Crippen LogP contribution in [-0.2, 0) is 6.42 Å². The Kier molecular flexibility index (Phi) is 5.09. The summed E-state index contributed by atoms with van der Waals surface area (Å²) in [6.45, 7) is 2.21. The number of carbonyl (C=O) groups is 1. The number of carboxylic acids is 1. The molecular formula is C15H21N3O2. The molecule has 2 heterocycles. The van der Waals surface area contributed by atoms with Gasteiger partial charge >= 0.3 is 5.97 Å². The zero-order chi connectivity index (χ0) is 14.4. The highest BCUT2D eigenvalue weighted by molar-refractivity contribution is 5.99. The lowest BCUT2D eigenvalue weighted by atomic mass is 10.1. The molecule has 0 radical (unpaired) electrons. The van der Waals surface area contributed by atoms with Crippen LogP contribution in [0.3, 0.4) is 0 Å². The van der Waals surface area contributed by atoms with Gasteiger partial charge in [0.1, 0.15) is 5.82 Å². The van der Waals surface area contributed by atoms with Gasteiger partial charge in [0, 0.05) is 12.6 Å². The quantitative estimate of drug-likeness (QED) is 0.722. The van der Waals surface area contributed by atoms with E-state index in [1.165, 1.54) is 44.4 Å². The van der Waals surface area contributed by atoms with Crippen LogP contribution in [0, 0.1) is 0 Å². The maximum atomic E-state index is 11.1. The lowest BCUT2D eigenvalue weighted by Gasteiger charge is -1.98. The van der Waals surface area contributed by atoms with Crippen molar-refractivity contribution in [1.82, 2.24) is 15.0 Å². The standard InChI is InChI=1S/C15H21N3O2/c1-2-3-4-5-6-7-8-12-17-13-11(15(19)20)9-10-16-14(13)18-12/h9-10H,2-8H2,1H3,(H,19,20)(H,16,17,18). The molecule has 2 N–H and O–H groups in total. The molecule has 20 heavy (non-hydrogen) atoms. The van der Waals surface area contributed by atoms with E-state index in [0.29, 0.717) is 11.2 Å². The SMILES string of the molecule is CCCCCCCCc1nc2nccc(C(=O)O)c2[nH]1. The molecule has 0 unspecified atom stereocenters. The van der Waals surface area contributed by atoms with Crippen LogP contribution < -0.4 is 0 Å². The Bertz CT molecular complexity index is 578. The molecule has 0 aliphatic rings. The summed E-state index contributed by atoms with van der Waals surface area (Å²) in [5.74, 6) is -0.121. The molecular weight excluding hydrogens is 254 g/mol. The summed E-state index contributed by atoms with van der Waals surface area (Å²) in [5.41, 5.74) is 1.25. The van der Waals surface area contributed by atoms with Crippen LogP contribution in [0.5, 0.6) is 0 Å². The molecule has 0 saturated heterocycles. The second kappa shape index (κ2) is 7.03. The molecule has 2 aromatic rings. The summed E-state index contributed by atoms with van der Waals surface area (Å²) in [6, 6.07) is 1.50. The second-order valence-electron chi connectivity index (χ2n) is 5.06. The molecule has 0 saturated carbocycles. The molecule has 0 bridgehead atoms. The Morgan fingerprint density at radius 2 is 2.00 bits per heavy atom. The van der Waals surface area contributed by atoms with E-state index in [1.54, 1.807) is 0 Å². The largest absolute Gasteiger partial charge is 0.478 e. The first-order valence-electron chi connectivity index (χ1n) is 7.29. The molecule has 0 aliphatic heterocycles. The van der Waals surface area contributed by atoms with Crippen LogP contribution in [0.15, 0.2) is 12.3 Å². The van der Waals surface area contributed by atoms with Crippen LogP contribution in [0.25, 0.3) is 11.2 Å². The van der Waals surface area contributed by atoms with E-state index in [-0.39, 0.29) is 5.56 Å². The number of pyridine rings is 1. The number of hydrogen-bond donors (Lipinski definition) is 2. The Labute approximate surface area is 118 Å². The maximum Gasteiger partial charge on any atom is 0.338 e. The van der Waals surface area contributed by atoms with E-state index in [9.17, 15) is 4.79 Å². The van der Waals surface area contributed by atoms with Gasteiger partial charge in [-0.15, -0.1) is 0 Å². The smallest absolute Gasteiger partial charge is 0.338 e. The summed E-state index contributed by atoms with van der Waals surface area (Å²) < 4.78 is 0. The van der Waals surface area contributed by atoms with E-state index >= 15 is 0 Å². The fourth-order valence-electron chi connectivity index (χ4n) is 2.33. The van der Waals surface area contributed by atoms with Crippen molar-refractivity contribution in [3.05, 3.63) is 23.7 Å². The van der Waals surface area contributed by atoms with Gasteiger partial charge in [0.05, 0.1) is 11.1 Å². The molecule has 2 aromatic heterocycles. The number of aromatic nitrogens is 3. The van der Waals surface area contributed by atoms with Gasteiger partial charge in [-0.2, -0.15) is 0 Å². The maximum absolute atomic E-state index is 11.1. The number of rotatable bonds is 8. The second-order valence-corrected chi connectivity index (χ2v) is 5.06. The number of nitrogens with zero attached hydrogens (tertiary/aromatic N) is 2. The Balaban J connectivity index is 1.95. The van der Waals surface area contributed by atoms with Crippen LogP contribution in [0.1, 0.15) is 61.6 Å². The van der Waals surface area contributed by atoms with Crippen molar-refractivity contribution in [3.8, 4) is 0 Å². The summed E-state index contributed by atoms with van der Waals surface area (Å²) in [5, 5.41) is 9.11. The van der Waals surface area contributed by atoms with Crippen molar-refractivity contribution in [2.75, 3.05) is 0 Å². The first kappa shape index (κ1) is 14.5. The first-order chi connectivity index (χ1) is 9.72. The van der Waals surface area contributed by atoms with Gasteiger partial charge in [0.15, 0.2) is 5.65 Å². The van der Waals surface area contributed by atoms with Gasteiger partial charge in [-0.1, -0.05) is 39.0 Å². The Hall–Kier alpha value is -1.91. The number of aromatic amines is 1. The van der Waals surface area contributed by atoms with Crippen LogP contribution in [-0.4, -0.2) is 26.0 Å². The average molecular weight is 275 g/mol. The fourth-order valence-corrected chi connectivity index (χ4v) is 2.33. The van der Waals surface area contributed by atoms with E-state index < -0.39 is 5.97 Å². The number of aromatic carboxylic acids is 1. The lowest BCUT2D eigenvalue weighted by molar-refractivity contribution is 0.0698. The lowest BCUT2D eigenvalue weighted by Crippen LogP contribution is -1.97. The fraction of sp³-hybridized carbons (Fsp3) is 0.533. The van der Waals surface area contributed by atoms with Gasteiger partial charge in [-0.3, -0.25) is 0 Å². The molecule has 0 fully saturated rings. The van der Waals surface area contributed by atoms with E-state index in [1.807, 2.05) is 0 Å². The van der Waals surface area contributed by atoms with E-state index in [4.69, 9.17) is 5.11 Å². The number of imidazole rings is 1. The van der Waals surface area contributed by atoms with Crippen LogP contribution in [0.4, 0.5) is 0 Å². The van der Waals surface area contributed by atoms with Crippen molar-refractivity contribution >= 4 is 17.1 Å². The third-order valence-corrected chi connectivity index (χ3v) is 3.44. The van der Waals surface area contributed by atoms with Gasteiger partial charge in [-0.25, -0.2) is 14.8 Å². The summed E-state index contributed by atoms with van der Waals surface area (Å²) in [6.07, 6.45) is 9.71. The van der Waals surface area contributed by atoms with Crippen molar-refractivity contribution in [1.29, 1.82) is 0 Å². The number of aryl methyl sites for hydroxylation is 1. The zero-order valence-corrected chi connectivity index (χ0v) is 11.9. The van der Waals surface area contributed by atoms with E-state index in [2.05, 4.69) is 21.9 Å². The molecule has 0 aromatic carbocycles. The predicted molar refractivity (Wildman–Crippen MR) is 77.9 cm³/mol. The van der Waals surface area contributed by atoms with Gasteiger partial charge in [0.2, 0.25) is 0 Å². The molecule has 5 heteroatoms. The first-order valence-corrected chi connectivity index (χ1v) is 7.29. The highest BCUT2D eigenvalue weighted by Crippen LogP contribution is 2.16. The summed E-state index contributed by atoms with van der Waals surface area (Å²) in [4.78, 5) is 22.7. The zero-order valence-electron chi connectivity index (χ0n) is 11.9. The van der Waals surface area contributed by atoms with Crippen molar-refractivity contribution in [2.24, 2.45) is 0 Å². The van der Waals surface area contributed by atoms with Crippen LogP contribution in [0.2, 0.25) is 0 Å². The molecule has 5 nitrogen and oxygen atoms in total. The number of unbranched alkanes of at least 4 members (excludes halogenated alkanes) is 5. The third kappa shape index (κ3) is 3.56. The number of nitrogens with one attached hydrogen (secondary N) is 1. The topological polar surface area (TPSA) is 78.9 Å². The minimum Gasteiger partial charge on any atom is -0.478 e. The highest BCUT2D eigenvalue weighted by atomic mass is 16.4. The summed E-state index contributed by atoms with van der Waals surface area (Å²) >= 11 is 0. The number of fused-ring (bicyclic) bond motifs is 1. The van der Waals surface area contributed by atoms with Crippen molar-refractivity contribution in [2.45, 2.75) is 51.9 Å². The molecule has 0 spiro atoms. The molecule has 0 aliphatic carbocycles. The van der Waals surface area contributed by atoms with Gasteiger partial charge in [-0.05, 0) is 12.5 Å². The average Bonchev–Trinajstić information content (AvgIpc) is 2.84. The Morgan fingerprint density at radius 1 is 1.25 bits per heavy atom. The molecule has 108 valence electrons. The predicted octanol–water partition coefficient (Wildman–Crippen LogP) is 3.56. The van der Waals surface area contributed by atoms with Crippen molar-refractivity contribution < 1.29 is 9.90 Å². The normalized spacial score (nSPS) is 11.1. The Morgan fingerprint density at radius 3 is 2.75 bits per heavy atom. The minimum atomic E-state index is -0.952. The van der Waals surface area contributed by atoms with E-state index in [0.717, 1.165) is 18.7 Å². The minimum absolute atomic E-state index is 0.233. The van der Waals surface area contributed by atoms with Crippen LogP contribution >= 0.6 is 0 Å². The van der Waals surface area contributed by atoms with Crippen molar-refractivity contribution in [3.63, 3.8) is 0 Å².